The summed E-state index contributed by atoms with van der Waals surface area (Å²) in [5.41, 5.74) is 11.7. The second-order valence-corrected chi connectivity index (χ2v) is 5.77. The number of nitrogens with two attached hydrogens (primary N) is 1. The Morgan fingerprint density at radius 3 is 2.14 bits per heavy atom. The van der Waals surface area contributed by atoms with E-state index in [0.29, 0.717) is 11.3 Å². The first-order chi connectivity index (χ1) is 13.4. The van der Waals surface area contributed by atoms with Gasteiger partial charge < -0.3 is 15.8 Å². The normalized spacial score (nSPS) is 10.9. The van der Waals surface area contributed by atoms with E-state index in [1.807, 2.05) is 24.3 Å². The van der Waals surface area contributed by atoms with E-state index in [0.717, 1.165) is 11.1 Å². The minimum atomic E-state index is -0.895. The van der Waals surface area contributed by atoms with Crippen LogP contribution in [-0.4, -0.2) is 30.5 Å². The fourth-order valence-electron chi connectivity index (χ4n) is 2.18. The number of nitrogens with zero attached hydrogens (tertiary/aromatic N) is 1. The molecule has 0 spiro atoms. The predicted octanol–water partition coefficient (Wildman–Crippen LogP) is 0.808. The molecule has 2 rings (SSSR count). The van der Waals surface area contributed by atoms with Crippen molar-refractivity contribution in [1.82, 2.24) is 16.2 Å². The van der Waals surface area contributed by atoms with Gasteiger partial charge in [0.25, 0.3) is 11.8 Å². The number of hydrogen-bond acceptors (Lipinski definition) is 5. The number of rotatable bonds is 6. The third kappa shape index (κ3) is 6.03. The van der Waals surface area contributed by atoms with Gasteiger partial charge in [0.15, 0.2) is 6.61 Å². The second kappa shape index (κ2) is 9.59. The number of hydrogen-bond donors (Lipinski definition) is 4. The van der Waals surface area contributed by atoms with Gasteiger partial charge in [-0.05, 0) is 42.3 Å². The standard InChI is InChI=1S/C19H19N5O4/c1-12(22-19(21)27)18(26)24-23-17(25)11-28-16-8-6-15(7-9-16)14-4-2-13(10-20)3-5-14/h2-9,12H,11H2,1H3,(H,23,25)(H,24,26)(H3,21,22,27). The van der Waals surface area contributed by atoms with Crippen molar-refractivity contribution < 1.29 is 19.1 Å². The summed E-state index contributed by atoms with van der Waals surface area (Å²) >= 11 is 0. The van der Waals surface area contributed by atoms with Crippen molar-refractivity contribution in [2.45, 2.75) is 13.0 Å². The van der Waals surface area contributed by atoms with Crippen LogP contribution < -0.4 is 26.6 Å². The van der Waals surface area contributed by atoms with Gasteiger partial charge in [-0.15, -0.1) is 0 Å². The molecule has 0 aromatic heterocycles. The fourth-order valence-corrected chi connectivity index (χ4v) is 2.18. The maximum Gasteiger partial charge on any atom is 0.312 e. The summed E-state index contributed by atoms with van der Waals surface area (Å²) in [6.07, 6.45) is 0. The Labute approximate surface area is 161 Å². The lowest BCUT2D eigenvalue weighted by Crippen LogP contribution is -2.52. The van der Waals surface area contributed by atoms with Crippen LogP contribution in [0.5, 0.6) is 5.75 Å². The largest absolute Gasteiger partial charge is 0.484 e. The zero-order valence-electron chi connectivity index (χ0n) is 15.1. The third-order valence-corrected chi connectivity index (χ3v) is 3.65. The summed E-state index contributed by atoms with van der Waals surface area (Å²) in [7, 11) is 0. The van der Waals surface area contributed by atoms with E-state index in [4.69, 9.17) is 15.7 Å². The van der Waals surface area contributed by atoms with Crippen LogP contribution in [-0.2, 0) is 9.59 Å². The molecule has 1 atom stereocenters. The van der Waals surface area contributed by atoms with E-state index in [1.165, 1.54) is 6.92 Å². The molecule has 0 bridgehead atoms. The van der Waals surface area contributed by atoms with Gasteiger partial charge in [-0.2, -0.15) is 5.26 Å². The molecular weight excluding hydrogens is 362 g/mol. The third-order valence-electron chi connectivity index (χ3n) is 3.65. The van der Waals surface area contributed by atoms with Crippen LogP contribution in [0.15, 0.2) is 48.5 Å². The molecule has 0 saturated carbocycles. The molecule has 0 aliphatic rings. The van der Waals surface area contributed by atoms with E-state index in [9.17, 15) is 14.4 Å². The molecule has 0 radical (unpaired) electrons. The van der Waals surface area contributed by atoms with Gasteiger partial charge in [0.2, 0.25) is 0 Å². The van der Waals surface area contributed by atoms with Gasteiger partial charge in [-0.3, -0.25) is 20.4 Å². The predicted molar refractivity (Wildman–Crippen MR) is 101 cm³/mol. The van der Waals surface area contributed by atoms with Gasteiger partial charge in [-0.1, -0.05) is 24.3 Å². The topological polar surface area (TPSA) is 146 Å². The van der Waals surface area contributed by atoms with Crippen molar-refractivity contribution in [1.29, 1.82) is 5.26 Å². The van der Waals surface area contributed by atoms with Crippen LogP contribution in [0.3, 0.4) is 0 Å². The second-order valence-electron chi connectivity index (χ2n) is 5.77. The smallest absolute Gasteiger partial charge is 0.312 e. The minimum Gasteiger partial charge on any atom is -0.484 e. The lowest BCUT2D eigenvalue weighted by molar-refractivity contribution is -0.130. The lowest BCUT2D eigenvalue weighted by atomic mass is 10.0. The van der Waals surface area contributed by atoms with Crippen LogP contribution in [0.25, 0.3) is 11.1 Å². The molecule has 2 aromatic rings. The molecule has 28 heavy (non-hydrogen) atoms. The van der Waals surface area contributed by atoms with Crippen LogP contribution in [0, 0.1) is 11.3 Å². The van der Waals surface area contributed by atoms with Crippen LogP contribution >= 0.6 is 0 Å². The van der Waals surface area contributed by atoms with Crippen molar-refractivity contribution in [3.05, 3.63) is 54.1 Å². The molecule has 1 unspecified atom stereocenters. The first kappa shape index (κ1) is 20.3. The molecule has 5 N–H and O–H groups in total. The highest BCUT2D eigenvalue weighted by atomic mass is 16.5. The quantitative estimate of drug-likeness (QED) is 0.547. The monoisotopic (exact) mass is 381 g/mol. The van der Waals surface area contributed by atoms with E-state index in [2.05, 4.69) is 22.2 Å². The number of urea groups is 1. The van der Waals surface area contributed by atoms with Crippen molar-refractivity contribution in [2.75, 3.05) is 6.61 Å². The van der Waals surface area contributed by atoms with Crippen LogP contribution in [0.4, 0.5) is 4.79 Å². The summed E-state index contributed by atoms with van der Waals surface area (Å²) < 4.78 is 5.36. The average molecular weight is 381 g/mol. The molecule has 9 heteroatoms. The number of carbonyl (C=O) groups excluding carboxylic acids is 3. The van der Waals surface area contributed by atoms with Crippen molar-refractivity contribution >= 4 is 17.8 Å². The molecule has 0 fully saturated rings. The SMILES string of the molecule is CC(NC(N)=O)C(=O)NNC(=O)COc1ccc(-c2ccc(C#N)cc2)cc1. The number of amides is 4. The first-order valence-electron chi connectivity index (χ1n) is 8.27. The molecule has 4 amide bonds. The number of primary amides is 1. The van der Waals surface area contributed by atoms with Gasteiger partial charge in [0, 0.05) is 0 Å². The van der Waals surface area contributed by atoms with Gasteiger partial charge in [-0.25, -0.2) is 4.79 Å². The van der Waals surface area contributed by atoms with Gasteiger partial charge in [0.1, 0.15) is 11.8 Å². The molecule has 144 valence electrons. The molecule has 9 nitrogen and oxygen atoms in total. The number of nitriles is 1. The van der Waals surface area contributed by atoms with Crippen LogP contribution in [0.2, 0.25) is 0 Å². The van der Waals surface area contributed by atoms with E-state index in [-0.39, 0.29) is 6.61 Å². The Bertz CT molecular complexity index is 888. The lowest BCUT2D eigenvalue weighted by Gasteiger charge is -2.13. The van der Waals surface area contributed by atoms with Crippen LogP contribution in [0.1, 0.15) is 12.5 Å². The average Bonchev–Trinajstić information content (AvgIpc) is 2.70. The van der Waals surface area contributed by atoms with Crippen molar-refractivity contribution in [2.24, 2.45) is 5.73 Å². The highest BCUT2D eigenvalue weighted by Gasteiger charge is 2.14. The molecule has 2 aromatic carbocycles. The highest BCUT2D eigenvalue weighted by molar-refractivity contribution is 5.88. The fraction of sp³-hybridized carbons (Fsp3) is 0.158. The summed E-state index contributed by atoms with van der Waals surface area (Å²) in [4.78, 5) is 34.0. The Hall–Kier alpha value is -4.06. The van der Waals surface area contributed by atoms with E-state index >= 15 is 0 Å². The van der Waals surface area contributed by atoms with E-state index < -0.39 is 23.9 Å². The van der Waals surface area contributed by atoms with Crippen molar-refractivity contribution in [3.8, 4) is 22.9 Å². The summed E-state index contributed by atoms with van der Waals surface area (Å²) in [5.74, 6) is -0.725. The number of benzene rings is 2. The molecular formula is C19H19N5O4. The maximum absolute atomic E-state index is 11.7. The Kier molecular flexibility index (Phi) is 6.93. The van der Waals surface area contributed by atoms with E-state index in [1.54, 1.807) is 24.3 Å². The van der Waals surface area contributed by atoms with Gasteiger partial charge >= 0.3 is 6.03 Å². The zero-order valence-corrected chi connectivity index (χ0v) is 15.1. The summed E-state index contributed by atoms with van der Waals surface area (Å²) in [5, 5.41) is 11.0. The zero-order chi connectivity index (χ0) is 20.5. The summed E-state index contributed by atoms with van der Waals surface area (Å²) in [6.45, 7) is 1.10. The molecule has 0 aliphatic carbocycles. The first-order valence-corrected chi connectivity index (χ1v) is 8.27. The number of nitrogens with one attached hydrogen (secondary N) is 3. The Morgan fingerprint density at radius 2 is 1.61 bits per heavy atom. The molecule has 0 aliphatic heterocycles. The Morgan fingerprint density at radius 1 is 1.04 bits per heavy atom. The maximum atomic E-state index is 11.7. The molecule has 0 saturated heterocycles. The highest BCUT2D eigenvalue weighted by Crippen LogP contribution is 2.22. The van der Waals surface area contributed by atoms with Crippen molar-refractivity contribution in [3.63, 3.8) is 0 Å². The minimum absolute atomic E-state index is 0.311. The van der Waals surface area contributed by atoms with Gasteiger partial charge in [0.05, 0.1) is 11.6 Å². The summed E-state index contributed by atoms with van der Waals surface area (Å²) in [6, 6.07) is 14.6. The Balaban J connectivity index is 1.81. The number of hydrazine groups is 1. The number of carbonyl (C=O) groups is 3. The molecule has 0 heterocycles. The number of ether oxygens (including phenoxy) is 1.